The predicted molar refractivity (Wildman–Crippen MR) is 98.3 cm³/mol. The first-order valence-corrected chi connectivity index (χ1v) is 9.12. The van der Waals surface area contributed by atoms with Gasteiger partial charge in [-0.25, -0.2) is 9.59 Å². The van der Waals surface area contributed by atoms with Gasteiger partial charge in [-0.2, -0.15) is 0 Å². The molecule has 2 amide bonds. The highest BCUT2D eigenvalue weighted by molar-refractivity contribution is 7.70. The molecular formula is C18H18N2O4P+. The molecule has 2 rings (SSSR count). The third-order valence-corrected chi connectivity index (χ3v) is 5.00. The number of hydrogen-bond acceptors (Lipinski definition) is 4. The van der Waals surface area contributed by atoms with Gasteiger partial charge in [0.15, 0.2) is 18.2 Å². The van der Waals surface area contributed by atoms with Crippen molar-refractivity contribution in [3.8, 4) is 0 Å². The topological polar surface area (TPSA) is 77.3 Å². The van der Waals surface area contributed by atoms with Gasteiger partial charge in [-0.3, -0.25) is 0 Å². The maximum Gasteiger partial charge on any atom is 0.452 e. The zero-order valence-electron chi connectivity index (χ0n) is 13.8. The van der Waals surface area contributed by atoms with Crippen molar-refractivity contribution in [1.82, 2.24) is 0 Å². The molecular weight excluding hydrogens is 339 g/mol. The molecule has 0 aliphatic rings. The molecule has 0 N–H and O–H groups in total. The highest BCUT2D eigenvalue weighted by atomic mass is 31.1. The number of hydrogen-bond donors (Lipinski definition) is 0. The van der Waals surface area contributed by atoms with Crippen LogP contribution in [0.2, 0.25) is 0 Å². The molecule has 0 fully saturated rings. The fraction of sp³-hybridized carbons (Fsp3) is 0.167. The molecule has 0 saturated carbocycles. The number of azo groups is 1. The van der Waals surface area contributed by atoms with E-state index in [2.05, 4.69) is 33.4 Å². The molecule has 0 heterocycles. The molecule has 0 aliphatic heterocycles. The first kappa shape index (κ1) is 18.5. The number of rotatable bonds is 5. The molecule has 0 aromatic heterocycles. The Morgan fingerprint density at radius 1 is 0.920 bits per heavy atom. The van der Waals surface area contributed by atoms with Crippen molar-refractivity contribution in [3.63, 3.8) is 0 Å². The molecule has 7 heteroatoms. The normalized spacial score (nSPS) is 11.2. The van der Waals surface area contributed by atoms with E-state index in [4.69, 9.17) is 4.74 Å². The minimum absolute atomic E-state index is 0.0430. The average molecular weight is 357 g/mol. The largest absolute Gasteiger partial charge is 0.452 e. The molecule has 6 nitrogen and oxygen atoms in total. The van der Waals surface area contributed by atoms with Gasteiger partial charge in [-0.05, 0) is 36.8 Å². The number of benzene rings is 2. The van der Waals surface area contributed by atoms with Crippen LogP contribution >= 0.6 is 7.55 Å². The number of nitrogens with zero attached hydrogens (tertiary/aromatic N) is 2. The summed E-state index contributed by atoms with van der Waals surface area (Å²) in [4.78, 5) is 22.3. The number of carbonyl (C=O) groups is 2. The molecule has 0 aliphatic carbocycles. The molecule has 1 atom stereocenters. The third kappa shape index (κ3) is 5.94. The van der Waals surface area contributed by atoms with Crippen LogP contribution in [0.3, 0.4) is 0 Å². The molecule has 0 radical (unpaired) electrons. The lowest BCUT2D eigenvalue weighted by molar-refractivity contribution is 0.144. The van der Waals surface area contributed by atoms with Crippen molar-refractivity contribution in [3.05, 3.63) is 60.2 Å². The SMILES string of the molecule is C=[P+](c1ccccc1)c1ccc(COC(=O)N=NC(=O)OCC)cc1. The lowest BCUT2D eigenvalue weighted by Crippen LogP contribution is -2.07. The van der Waals surface area contributed by atoms with Crippen LogP contribution in [0.4, 0.5) is 9.59 Å². The Kier molecular flexibility index (Phi) is 6.99. The molecule has 0 saturated heterocycles. The van der Waals surface area contributed by atoms with E-state index >= 15 is 0 Å². The third-order valence-electron chi connectivity index (χ3n) is 3.16. The summed E-state index contributed by atoms with van der Waals surface area (Å²) in [5, 5.41) is 8.52. The summed E-state index contributed by atoms with van der Waals surface area (Å²) < 4.78 is 9.44. The van der Waals surface area contributed by atoms with Crippen molar-refractivity contribution in [2.24, 2.45) is 10.2 Å². The Morgan fingerprint density at radius 3 is 2.08 bits per heavy atom. The van der Waals surface area contributed by atoms with Crippen molar-refractivity contribution >= 4 is 36.6 Å². The number of ether oxygens (including phenoxy) is 2. The quantitative estimate of drug-likeness (QED) is 0.602. The van der Waals surface area contributed by atoms with Crippen molar-refractivity contribution < 1.29 is 19.1 Å². The van der Waals surface area contributed by atoms with Crippen LogP contribution in [0.25, 0.3) is 0 Å². The summed E-state index contributed by atoms with van der Waals surface area (Å²) >= 11 is 0. The van der Waals surface area contributed by atoms with E-state index in [0.717, 1.165) is 10.9 Å². The Labute approximate surface area is 146 Å². The smallest absolute Gasteiger partial charge is 0.447 e. The number of amides is 2. The minimum Gasteiger partial charge on any atom is -0.447 e. The summed E-state index contributed by atoms with van der Waals surface area (Å²) in [6.45, 7) is 1.84. The van der Waals surface area contributed by atoms with Crippen LogP contribution in [-0.4, -0.2) is 25.1 Å². The Morgan fingerprint density at radius 2 is 1.48 bits per heavy atom. The first-order chi connectivity index (χ1) is 12.1. The van der Waals surface area contributed by atoms with E-state index in [1.54, 1.807) is 6.92 Å². The van der Waals surface area contributed by atoms with Crippen LogP contribution in [-0.2, 0) is 16.1 Å². The molecule has 25 heavy (non-hydrogen) atoms. The van der Waals surface area contributed by atoms with Gasteiger partial charge < -0.3 is 9.47 Å². The van der Waals surface area contributed by atoms with Gasteiger partial charge in [0.25, 0.3) is 0 Å². The lowest BCUT2D eigenvalue weighted by Gasteiger charge is -2.01. The van der Waals surface area contributed by atoms with Crippen LogP contribution in [0, 0.1) is 0 Å². The average Bonchev–Trinajstić information content (AvgIpc) is 2.65. The number of carbonyl (C=O) groups excluding carboxylic acids is 2. The van der Waals surface area contributed by atoms with E-state index in [-0.39, 0.29) is 13.2 Å². The highest BCUT2D eigenvalue weighted by Gasteiger charge is 2.14. The summed E-state index contributed by atoms with van der Waals surface area (Å²) in [5.41, 5.74) is 0.805. The highest BCUT2D eigenvalue weighted by Crippen LogP contribution is 2.18. The summed E-state index contributed by atoms with van der Waals surface area (Å²) in [6.07, 6.45) is 2.38. The van der Waals surface area contributed by atoms with Gasteiger partial charge in [0.05, 0.1) is 12.9 Å². The molecule has 2 aromatic carbocycles. The fourth-order valence-corrected chi connectivity index (χ4v) is 3.28. The molecule has 2 aromatic rings. The van der Waals surface area contributed by atoms with Gasteiger partial charge in [0, 0.05) is 0 Å². The van der Waals surface area contributed by atoms with Crippen LogP contribution < -0.4 is 10.6 Å². The maximum atomic E-state index is 11.4. The molecule has 0 spiro atoms. The Bertz CT molecular complexity index is 773. The van der Waals surface area contributed by atoms with Gasteiger partial charge in [0.1, 0.15) is 6.61 Å². The maximum absolute atomic E-state index is 11.4. The van der Waals surface area contributed by atoms with Crippen molar-refractivity contribution in [2.45, 2.75) is 13.5 Å². The van der Waals surface area contributed by atoms with Crippen LogP contribution in [0.5, 0.6) is 0 Å². The van der Waals surface area contributed by atoms with E-state index < -0.39 is 19.7 Å². The zero-order valence-corrected chi connectivity index (χ0v) is 14.7. The Balaban J connectivity index is 1.89. The molecule has 0 bridgehead atoms. The second-order valence-electron chi connectivity index (χ2n) is 4.88. The lowest BCUT2D eigenvalue weighted by atomic mass is 10.2. The predicted octanol–water partition coefficient (Wildman–Crippen LogP) is 3.80. The van der Waals surface area contributed by atoms with E-state index in [1.807, 2.05) is 42.5 Å². The van der Waals surface area contributed by atoms with Gasteiger partial charge in [-0.15, -0.1) is 0 Å². The summed E-state index contributed by atoms with van der Waals surface area (Å²) in [7, 11) is -0.664. The van der Waals surface area contributed by atoms with Crippen molar-refractivity contribution in [2.75, 3.05) is 6.61 Å². The minimum atomic E-state index is -0.944. The monoisotopic (exact) mass is 357 g/mol. The molecule has 128 valence electrons. The summed E-state index contributed by atoms with van der Waals surface area (Å²) in [6, 6.07) is 17.8. The van der Waals surface area contributed by atoms with Gasteiger partial charge in [-0.1, -0.05) is 40.6 Å². The van der Waals surface area contributed by atoms with E-state index in [9.17, 15) is 9.59 Å². The van der Waals surface area contributed by atoms with E-state index in [0.29, 0.717) is 0 Å². The van der Waals surface area contributed by atoms with Gasteiger partial charge >= 0.3 is 12.2 Å². The van der Waals surface area contributed by atoms with Crippen LogP contribution in [0.1, 0.15) is 12.5 Å². The van der Waals surface area contributed by atoms with E-state index in [1.165, 1.54) is 5.30 Å². The van der Waals surface area contributed by atoms with Crippen molar-refractivity contribution in [1.29, 1.82) is 0 Å². The van der Waals surface area contributed by atoms with Gasteiger partial charge in [0.2, 0.25) is 0 Å². The standard InChI is InChI=1S/C18H18N2O4P/c1-3-23-17(21)19-20-18(22)24-13-14-9-11-16(12-10-14)25(2)15-7-5-4-6-8-15/h4-12H,2-3,13H2,1H3/q+1. The first-order valence-electron chi connectivity index (χ1n) is 7.60. The Hall–Kier alpha value is -2.85. The second-order valence-corrected chi connectivity index (χ2v) is 6.77. The van der Waals surface area contributed by atoms with Crippen LogP contribution in [0.15, 0.2) is 64.8 Å². The molecule has 1 unspecified atom stereocenters. The zero-order chi connectivity index (χ0) is 18.1. The second kappa shape index (κ2) is 9.45. The fourth-order valence-electron chi connectivity index (χ4n) is 1.94. The summed E-state index contributed by atoms with van der Waals surface area (Å²) in [5.74, 6) is 0.